The smallest absolute Gasteiger partial charge is 0.248 e. The Morgan fingerprint density at radius 3 is 2.33 bits per heavy atom. The monoisotopic (exact) mass is 569 g/mol. The van der Waals surface area contributed by atoms with Crippen LogP contribution < -0.4 is 15.5 Å². The summed E-state index contributed by atoms with van der Waals surface area (Å²) in [6.07, 6.45) is 5.13. The fraction of sp³-hybridized carbons (Fsp3) is 0.312. The number of morpholine rings is 1. The molecule has 5 rings (SSSR count). The van der Waals surface area contributed by atoms with Gasteiger partial charge in [-0.25, -0.2) is 9.97 Å². The summed E-state index contributed by atoms with van der Waals surface area (Å²) in [5.74, 6) is 0.604. The van der Waals surface area contributed by atoms with E-state index in [0.29, 0.717) is 31.1 Å². The standard InChI is InChI=1S/C30H33N7O3.C2H6/c1-36(2)13-3-4-27(38)33-23-9-5-21(6-10-23)18-28(39)34-24-11-7-22(8-12-24)26-19-25-29(35-26)31-20-32-30(25)37-14-16-40-17-15-37;1-2/h3-12,19-20H,13-18H2,1-2H3,(H,33,38)(H,34,39)(H,31,32,35);1-2H3/b4-3+;. The number of H-pyrrole nitrogens is 1. The number of hydrogen-bond acceptors (Lipinski definition) is 7. The van der Waals surface area contributed by atoms with Crippen LogP contribution in [0.5, 0.6) is 0 Å². The largest absolute Gasteiger partial charge is 0.378 e. The molecule has 3 N–H and O–H groups in total. The van der Waals surface area contributed by atoms with Crippen molar-refractivity contribution in [3.8, 4) is 11.3 Å². The molecular weight excluding hydrogens is 530 g/mol. The number of ether oxygens (including phenoxy) is 1. The van der Waals surface area contributed by atoms with Crippen LogP contribution in [0.2, 0.25) is 0 Å². The van der Waals surface area contributed by atoms with E-state index in [4.69, 9.17) is 4.74 Å². The highest BCUT2D eigenvalue weighted by Gasteiger charge is 2.17. The summed E-state index contributed by atoms with van der Waals surface area (Å²) in [7, 11) is 3.88. The van der Waals surface area contributed by atoms with Gasteiger partial charge in [0.15, 0.2) is 0 Å². The van der Waals surface area contributed by atoms with Gasteiger partial charge in [0.1, 0.15) is 17.8 Å². The number of fused-ring (bicyclic) bond motifs is 1. The van der Waals surface area contributed by atoms with Crippen molar-refractivity contribution < 1.29 is 14.3 Å². The zero-order valence-corrected chi connectivity index (χ0v) is 24.7. The Bertz CT molecular complexity index is 1490. The quantitative estimate of drug-likeness (QED) is 0.250. The second-order valence-corrected chi connectivity index (χ2v) is 9.90. The minimum Gasteiger partial charge on any atom is -0.378 e. The molecule has 0 saturated carbocycles. The van der Waals surface area contributed by atoms with E-state index in [1.54, 1.807) is 24.5 Å². The van der Waals surface area contributed by atoms with Crippen LogP contribution in [0, 0.1) is 0 Å². The highest BCUT2D eigenvalue weighted by molar-refractivity contribution is 5.99. The van der Waals surface area contributed by atoms with Crippen LogP contribution in [0.4, 0.5) is 17.2 Å². The maximum absolute atomic E-state index is 12.6. The SMILES string of the molecule is CC.CN(C)C/C=C/C(=O)Nc1ccc(CC(=O)Nc2ccc(-c3cc4c(N5CCOCC5)ncnc4[nH]3)cc2)cc1. The molecule has 0 radical (unpaired) electrons. The van der Waals surface area contributed by atoms with E-state index >= 15 is 0 Å². The van der Waals surface area contributed by atoms with Crippen LogP contribution in [0.3, 0.4) is 0 Å². The molecule has 1 aliphatic heterocycles. The first-order valence-corrected chi connectivity index (χ1v) is 14.2. The van der Waals surface area contributed by atoms with Gasteiger partial charge in [-0.1, -0.05) is 44.2 Å². The zero-order chi connectivity index (χ0) is 29.9. The molecule has 1 saturated heterocycles. The van der Waals surface area contributed by atoms with Crippen LogP contribution in [-0.2, 0) is 20.7 Å². The van der Waals surface area contributed by atoms with Crippen molar-refractivity contribution in [2.75, 3.05) is 62.5 Å². The van der Waals surface area contributed by atoms with Crippen LogP contribution >= 0.6 is 0 Å². The minimum absolute atomic E-state index is 0.118. The van der Waals surface area contributed by atoms with Gasteiger partial charge in [-0.3, -0.25) is 9.59 Å². The average molecular weight is 570 g/mol. The summed E-state index contributed by atoms with van der Waals surface area (Å²) >= 11 is 0. The molecular formula is C32H39N7O3. The van der Waals surface area contributed by atoms with Gasteiger partial charge in [0.25, 0.3) is 0 Å². The Kier molecular flexibility index (Phi) is 10.8. The highest BCUT2D eigenvalue weighted by atomic mass is 16.5. The Labute approximate surface area is 246 Å². The Balaban J connectivity index is 0.00000198. The third-order valence-corrected chi connectivity index (χ3v) is 6.52. The summed E-state index contributed by atoms with van der Waals surface area (Å²) in [4.78, 5) is 41.2. The second-order valence-electron chi connectivity index (χ2n) is 9.90. The van der Waals surface area contributed by atoms with Gasteiger partial charge in [0, 0.05) is 42.8 Å². The van der Waals surface area contributed by atoms with Crippen molar-refractivity contribution in [1.82, 2.24) is 19.9 Å². The Morgan fingerprint density at radius 2 is 1.64 bits per heavy atom. The molecule has 10 nitrogen and oxygen atoms in total. The van der Waals surface area contributed by atoms with Crippen LogP contribution in [0.15, 0.2) is 73.1 Å². The van der Waals surface area contributed by atoms with Gasteiger partial charge in [-0.2, -0.15) is 0 Å². The number of rotatable bonds is 9. The third-order valence-electron chi connectivity index (χ3n) is 6.52. The summed E-state index contributed by atoms with van der Waals surface area (Å²) in [6.45, 7) is 7.68. The molecule has 2 aromatic heterocycles. The van der Waals surface area contributed by atoms with Crippen molar-refractivity contribution in [2.24, 2.45) is 0 Å². The lowest BCUT2D eigenvalue weighted by Crippen LogP contribution is -2.36. The van der Waals surface area contributed by atoms with E-state index in [1.165, 1.54) is 6.08 Å². The fourth-order valence-electron chi connectivity index (χ4n) is 4.49. The molecule has 0 atom stereocenters. The molecule has 1 fully saturated rings. The Hall–Kier alpha value is -4.54. The van der Waals surface area contributed by atoms with Gasteiger partial charge in [0.05, 0.1) is 25.0 Å². The van der Waals surface area contributed by atoms with Gasteiger partial charge >= 0.3 is 0 Å². The number of aromatic nitrogens is 3. The number of likely N-dealkylation sites (N-methyl/N-ethyl adjacent to an activating group) is 1. The number of hydrogen-bond donors (Lipinski definition) is 3. The molecule has 0 bridgehead atoms. The summed E-state index contributed by atoms with van der Waals surface area (Å²) in [6, 6.07) is 17.0. The van der Waals surface area contributed by atoms with E-state index in [9.17, 15) is 9.59 Å². The summed E-state index contributed by atoms with van der Waals surface area (Å²) < 4.78 is 5.47. The number of benzene rings is 2. The second kappa shape index (κ2) is 14.9. The predicted molar refractivity (Wildman–Crippen MR) is 169 cm³/mol. The van der Waals surface area contributed by atoms with Gasteiger partial charge < -0.3 is 30.2 Å². The average Bonchev–Trinajstić information content (AvgIpc) is 3.44. The number of nitrogens with one attached hydrogen (secondary N) is 3. The van der Waals surface area contributed by atoms with Gasteiger partial charge in [0.2, 0.25) is 11.8 Å². The van der Waals surface area contributed by atoms with E-state index < -0.39 is 0 Å². The van der Waals surface area contributed by atoms with Crippen molar-refractivity contribution in [3.63, 3.8) is 0 Å². The minimum atomic E-state index is -0.186. The first-order chi connectivity index (χ1) is 20.4. The lowest BCUT2D eigenvalue weighted by atomic mass is 10.1. The maximum atomic E-state index is 12.6. The van der Waals surface area contributed by atoms with Crippen molar-refractivity contribution in [2.45, 2.75) is 20.3 Å². The van der Waals surface area contributed by atoms with Crippen LogP contribution in [-0.4, -0.2) is 78.6 Å². The molecule has 220 valence electrons. The highest BCUT2D eigenvalue weighted by Crippen LogP contribution is 2.29. The molecule has 2 aromatic carbocycles. The maximum Gasteiger partial charge on any atom is 0.248 e. The number of carbonyl (C=O) groups is 2. The lowest BCUT2D eigenvalue weighted by molar-refractivity contribution is -0.115. The van der Waals surface area contributed by atoms with Crippen LogP contribution in [0.1, 0.15) is 19.4 Å². The molecule has 0 spiro atoms. The first kappa shape index (κ1) is 30.4. The first-order valence-electron chi connectivity index (χ1n) is 14.2. The summed E-state index contributed by atoms with van der Waals surface area (Å²) in [5, 5.41) is 6.75. The zero-order valence-electron chi connectivity index (χ0n) is 24.7. The summed E-state index contributed by atoms with van der Waals surface area (Å²) in [5.41, 5.74) is 4.95. The van der Waals surface area contributed by atoms with Gasteiger partial charge in [-0.15, -0.1) is 0 Å². The number of carbonyl (C=O) groups excluding carboxylic acids is 2. The molecule has 3 heterocycles. The van der Waals surface area contributed by atoms with E-state index in [2.05, 4.69) is 36.6 Å². The van der Waals surface area contributed by atoms with E-state index in [1.807, 2.05) is 69.2 Å². The Morgan fingerprint density at radius 1 is 0.976 bits per heavy atom. The number of anilines is 3. The predicted octanol–water partition coefficient (Wildman–Crippen LogP) is 4.73. The normalized spacial score (nSPS) is 13.2. The van der Waals surface area contributed by atoms with Gasteiger partial charge in [-0.05, 0) is 55.6 Å². The lowest BCUT2D eigenvalue weighted by Gasteiger charge is -2.27. The van der Waals surface area contributed by atoms with Crippen molar-refractivity contribution in [1.29, 1.82) is 0 Å². The van der Waals surface area contributed by atoms with E-state index in [-0.39, 0.29) is 18.2 Å². The molecule has 1 aliphatic rings. The number of nitrogens with zero attached hydrogens (tertiary/aromatic N) is 4. The number of amides is 2. The van der Waals surface area contributed by atoms with E-state index in [0.717, 1.165) is 46.8 Å². The molecule has 10 heteroatoms. The topological polar surface area (TPSA) is 115 Å². The van der Waals surface area contributed by atoms with Crippen molar-refractivity contribution in [3.05, 3.63) is 78.6 Å². The molecule has 0 aliphatic carbocycles. The molecule has 0 unspecified atom stereocenters. The van der Waals surface area contributed by atoms with Crippen LogP contribution in [0.25, 0.3) is 22.3 Å². The molecule has 2 amide bonds. The number of aromatic amines is 1. The van der Waals surface area contributed by atoms with Crippen molar-refractivity contribution >= 4 is 40.0 Å². The fourth-order valence-corrected chi connectivity index (χ4v) is 4.49. The third kappa shape index (κ3) is 8.25. The molecule has 42 heavy (non-hydrogen) atoms. The molecule has 4 aromatic rings.